The Hall–Kier alpha value is -2.04. The van der Waals surface area contributed by atoms with Gasteiger partial charge in [-0.3, -0.25) is 9.59 Å². The summed E-state index contributed by atoms with van der Waals surface area (Å²) in [4.78, 5) is 23.3. The summed E-state index contributed by atoms with van der Waals surface area (Å²) >= 11 is 0. The van der Waals surface area contributed by atoms with Crippen molar-refractivity contribution in [3.8, 4) is 5.75 Å². The van der Waals surface area contributed by atoms with E-state index >= 15 is 0 Å². The molecule has 2 aliphatic rings. The number of benzene rings is 1. The lowest BCUT2D eigenvalue weighted by Crippen LogP contribution is -2.27. The first-order valence-electron chi connectivity index (χ1n) is 6.51. The van der Waals surface area contributed by atoms with Crippen LogP contribution >= 0.6 is 0 Å². The first-order chi connectivity index (χ1) is 9.15. The highest BCUT2D eigenvalue weighted by Gasteiger charge is 2.33. The number of para-hydroxylation sites is 1. The minimum Gasteiger partial charge on any atom is -0.479 e. The van der Waals surface area contributed by atoms with E-state index in [-0.39, 0.29) is 24.3 Å². The molecular weight excluding hydrogens is 244 g/mol. The minimum absolute atomic E-state index is 0.0106. The van der Waals surface area contributed by atoms with Crippen LogP contribution in [0.1, 0.15) is 19.8 Å². The largest absolute Gasteiger partial charge is 0.479 e. The Morgan fingerprint density at radius 1 is 1.47 bits per heavy atom. The Bertz CT molecular complexity index is 537. The van der Waals surface area contributed by atoms with Crippen LogP contribution in [-0.4, -0.2) is 18.4 Å². The average Bonchev–Trinajstić information content (AvgIpc) is 3.22. The normalized spacial score (nSPS) is 18.9. The summed E-state index contributed by atoms with van der Waals surface area (Å²) in [6.45, 7) is 1.93. The number of amides is 2. The van der Waals surface area contributed by atoms with Gasteiger partial charge in [-0.1, -0.05) is 13.0 Å². The van der Waals surface area contributed by atoms with Gasteiger partial charge in [-0.2, -0.15) is 0 Å². The molecule has 0 aromatic heterocycles. The Kier molecular flexibility index (Phi) is 2.89. The quantitative estimate of drug-likeness (QED) is 0.873. The number of hydrogen-bond acceptors (Lipinski definition) is 3. The highest BCUT2D eigenvalue weighted by molar-refractivity contribution is 6.00. The summed E-state index contributed by atoms with van der Waals surface area (Å²) < 4.78 is 5.40. The topological polar surface area (TPSA) is 67.4 Å². The molecule has 3 rings (SSSR count). The van der Waals surface area contributed by atoms with Gasteiger partial charge in [0.2, 0.25) is 5.91 Å². The molecule has 5 heteroatoms. The second-order valence-electron chi connectivity index (χ2n) is 5.13. The third kappa shape index (κ3) is 2.41. The van der Waals surface area contributed by atoms with Crippen LogP contribution in [0.15, 0.2) is 18.2 Å². The molecular formula is C14H16N2O3. The molecule has 1 aliphatic heterocycles. The van der Waals surface area contributed by atoms with Crippen LogP contribution in [0.3, 0.4) is 0 Å². The molecule has 1 atom stereocenters. The second-order valence-corrected chi connectivity index (χ2v) is 5.13. The van der Waals surface area contributed by atoms with Gasteiger partial charge in [0.15, 0.2) is 12.4 Å². The van der Waals surface area contributed by atoms with Crippen molar-refractivity contribution in [3.05, 3.63) is 18.2 Å². The maximum atomic E-state index is 12.1. The molecule has 1 aliphatic carbocycles. The lowest BCUT2D eigenvalue weighted by Gasteiger charge is -2.21. The number of anilines is 2. The first kappa shape index (κ1) is 12.0. The predicted octanol–water partition coefficient (Wildman–Crippen LogP) is 2.00. The lowest BCUT2D eigenvalue weighted by molar-refractivity contribution is -0.120. The van der Waals surface area contributed by atoms with Crippen LogP contribution in [0.2, 0.25) is 0 Å². The number of carbonyl (C=O) groups is 2. The molecule has 5 nitrogen and oxygen atoms in total. The number of ether oxygens (including phenoxy) is 1. The summed E-state index contributed by atoms with van der Waals surface area (Å²) in [7, 11) is 0. The Labute approximate surface area is 111 Å². The van der Waals surface area contributed by atoms with Crippen LogP contribution in [0.4, 0.5) is 11.4 Å². The third-order valence-corrected chi connectivity index (χ3v) is 3.64. The van der Waals surface area contributed by atoms with E-state index in [0.717, 1.165) is 12.8 Å². The molecule has 0 saturated heterocycles. The van der Waals surface area contributed by atoms with Crippen LogP contribution in [-0.2, 0) is 9.59 Å². The Morgan fingerprint density at radius 3 is 3.00 bits per heavy atom. The number of nitrogens with one attached hydrogen (secondary N) is 2. The predicted molar refractivity (Wildman–Crippen MR) is 71.1 cm³/mol. The molecule has 1 saturated carbocycles. The van der Waals surface area contributed by atoms with Crippen molar-refractivity contribution in [1.82, 2.24) is 0 Å². The van der Waals surface area contributed by atoms with Gasteiger partial charge in [-0.15, -0.1) is 0 Å². The minimum atomic E-state index is -0.178. The summed E-state index contributed by atoms with van der Waals surface area (Å²) in [5.41, 5.74) is 1.23. The maximum Gasteiger partial charge on any atom is 0.262 e. The monoisotopic (exact) mass is 260 g/mol. The van der Waals surface area contributed by atoms with Gasteiger partial charge in [0.05, 0.1) is 11.4 Å². The van der Waals surface area contributed by atoms with Crippen molar-refractivity contribution in [1.29, 1.82) is 0 Å². The third-order valence-electron chi connectivity index (χ3n) is 3.64. The molecule has 2 amide bonds. The van der Waals surface area contributed by atoms with E-state index in [4.69, 9.17) is 4.74 Å². The highest BCUT2D eigenvalue weighted by Crippen LogP contribution is 2.39. The molecule has 1 aromatic carbocycles. The number of fused-ring (bicyclic) bond motifs is 1. The van der Waals surface area contributed by atoms with E-state index < -0.39 is 0 Å². The number of carbonyl (C=O) groups excluding carboxylic acids is 2. The van der Waals surface area contributed by atoms with Crippen molar-refractivity contribution < 1.29 is 14.3 Å². The van der Waals surface area contributed by atoms with Crippen molar-refractivity contribution >= 4 is 23.2 Å². The van der Waals surface area contributed by atoms with Crippen molar-refractivity contribution in [2.45, 2.75) is 19.8 Å². The Balaban J connectivity index is 1.79. The fraction of sp³-hybridized carbons (Fsp3) is 0.429. The smallest absolute Gasteiger partial charge is 0.262 e. The number of rotatable bonds is 3. The van der Waals surface area contributed by atoms with E-state index in [9.17, 15) is 9.59 Å². The van der Waals surface area contributed by atoms with Crippen molar-refractivity contribution in [2.75, 3.05) is 17.2 Å². The first-order valence-corrected chi connectivity index (χ1v) is 6.51. The zero-order chi connectivity index (χ0) is 13.4. The van der Waals surface area contributed by atoms with Gasteiger partial charge < -0.3 is 15.4 Å². The zero-order valence-corrected chi connectivity index (χ0v) is 10.7. The van der Waals surface area contributed by atoms with Gasteiger partial charge in [0.1, 0.15) is 0 Å². The standard InChI is InChI=1S/C14H16N2O3/c1-8(9-5-6-9)14(18)16-11-4-2-3-10-13(11)19-7-12(17)15-10/h2-4,8-9H,5-7H2,1H3,(H,15,17)(H,16,18). The fourth-order valence-corrected chi connectivity index (χ4v) is 2.27. The molecule has 100 valence electrons. The van der Waals surface area contributed by atoms with Gasteiger partial charge in [-0.25, -0.2) is 0 Å². The molecule has 1 heterocycles. The van der Waals surface area contributed by atoms with Crippen LogP contribution in [0.25, 0.3) is 0 Å². The molecule has 1 aromatic rings. The molecule has 1 unspecified atom stereocenters. The SMILES string of the molecule is CC(C(=O)Nc1cccc2c1OCC(=O)N2)C1CC1. The van der Waals surface area contributed by atoms with E-state index in [1.54, 1.807) is 18.2 Å². The van der Waals surface area contributed by atoms with Crippen LogP contribution < -0.4 is 15.4 Å². The van der Waals surface area contributed by atoms with Gasteiger partial charge in [-0.05, 0) is 30.9 Å². The average molecular weight is 260 g/mol. The van der Waals surface area contributed by atoms with Gasteiger partial charge >= 0.3 is 0 Å². The summed E-state index contributed by atoms with van der Waals surface area (Å²) in [5.74, 6) is 0.909. The summed E-state index contributed by atoms with van der Waals surface area (Å²) in [6.07, 6.45) is 2.27. The summed E-state index contributed by atoms with van der Waals surface area (Å²) in [5, 5.41) is 5.61. The van der Waals surface area contributed by atoms with Crippen molar-refractivity contribution in [2.24, 2.45) is 11.8 Å². The van der Waals surface area contributed by atoms with E-state index in [0.29, 0.717) is 23.0 Å². The van der Waals surface area contributed by atoms with E-state index in [1.807, 2.05) is 6.92 Å². The van der Waals surface area contributed by atoms with Crippen LogP contribution in [0.5, 0.6) is 5.75 Å². The van der Waals surface area contributed by atoms with Crippen molar-refractivity contribution in [3.63, 3.8) is 0 Å². The number of hydrogen-bond donors (Lipinski definition) is 2. The molecule has 0 spiro atoms. The van der Waals surface area contributed by atoms with Gasteiger partial charge in [0, 0.05) is 5.92 Å². The molecule has 2 N–H and O–H groups in total. The summed E-state index contributed by atoms with van der Waals surface area (Å²) in [6, 6.07) is 5.32. The Morgan fingerprint density at radius 2 is 2.26 bits per heavy atom. The van der Waals surface area contributed by atoms with E-state index in [1.165, 1.54) is 0 Å². The molecule has 0 bridgehead atoms. The van der Waals surface area contributed by atoms with Gasteiger partial charge in [0.25, 0.3) is 5.91 Å². The molecule has 1 fully saturated rings. The fourth-order valence-electron chi connectivity index (χ4n) is 2.27. The molecule has 19 heavy (non-hydrogen) atoms. The second kappa shape index (κ2) is 4.57. The van der Waals surface area contributed by atoms with E-state index in [2.05, 4.69) is 10.6 Å². The highest BCUT2D eigenvalue weighted by atomic mass is 16.5. The zero-order valence-electron chi connectivity index (χ0n) is 10.7. The van der Waals surface area contributed by atoms with Crippen LogP contribution in [0, 0.1) is 11.8 Å². The lowest BCUT2D eigenvalue weighted by atomic mass is 10.1. The maximum absolute atomic E-state index is 12.1. The molecule has 0 radical (unpaired) electrons.